The summed E-state index contributed by atoms with van der Waals surface area (Å²) in [5.74, 6) is 0.107. The van der Waals surface area contributed by atoms with Crippen LogP contribution < -0.4 is 20.9 Å². The number of amides is 2. The van der Waals surface area contributed by atoms with E-state index in [2.05, 4.69) is 16.2 Å². The molecule has 1 heterocycles. The molecule has 2 aromatic carbocycles. The molecule has 2 aromatic rings. The highest BCUT2D eigenvalue weighted by atomic mass is 16.5. The number of anilines is 1. The third-order valence-corrected chi connectivity index (χ3v) is 4.84. The van der Waals surface area contributed by atoms with E-state index in [-0.39, 0.29) is 30.3 Å². The molecular weight excluding hydrogens is 356 g/mol. The highest BCUT2D eigenvalue weighted by Gasteiger charge is 2.36. The van der Waals surface area contributed by atoms with Crippen LogP contribution in [0.15, 0.2) is 54.6 Å². The van der Waals surface area contributed by atoms with Crippen LogP contribution in [0.25, 0.3) is 0 Å². The number of nitrogens with zero attached hydrogens (tertiary/aromatic N) is 1. The maximum atomic E-state index is 13.1. The van der Waals surface area contributed by atoms with E-state index < -0.39 is 0 Å². The Morgan fingerprint density at radius 3 is 2.68 bits per heavy atom. The van der Waals surface area contributed by atoms with Gasteiger partial charge in [0, 0.05) is 24.8 Å². The van der Waals surface area contributed by atoms with Gasteiger partial charge in [-0.3, -0.25) is 15.0 Å². The van der Waals surface area contributed by atoms with Crippen molar-refractivity contribution >= 4 is 17.5 Å². The summed E-state index contributed by atoms with van der Waals surface area (Å²) in [7, 11) is 1.57. The van der Waals surface area contributed by atoms with Crippen molar-refractivity contribution in [1.29, 1.82) is 0 Å². The average molecular weight is 382 g/mol. The van der Waals surface area contributed by atoms with Crippen molar-refractivity contribution in [2.75, 3.05) is 32.1 Å². The van der Waals surface area contributed by atoms with E-state index in [0.29, 0.717) is 24.5 Å². The molecule has 0 aliphatic carbocycles. The van der Waals surface area contributed by atoms with Gasteiger partial charge in [0.15, 0.2) is 0 Å². The van der Waals surface area contributed by atoms with Gasteiger partial charge in [-0.2, -0.15) is 0 Å². The van der Waals surface area contributed by atoms with E-state index in [1.807, 2.05) is 37.3 Å². The van der Waals surface area contributed by atoms with Gasteiger partial charge < -0.3 is 15.0 Å². The number of hydrogen-bond acceptors (Lipinski definition) is 5. The maximum Gasteiger partial charge on any atom is 0.243 e. The van der Waals surface area contributed by atoms with Gasteiger partial charge in [-0.05, 0) is 24.6 Å². The van der Waals surface area contributed by atoms with Gasteiger partial charge in [0.05, 0.1) is 25.6 Å². The normalized spacial score (nSPS) is 18.5. The zero-order valence-corrected chi connectivity index (χ0v) is 16.1. The number of methoxy groups -OCH3 is 1. The van der Waals surface area contributed by atoms with Crippen molar-refractivity contribution < 1.29 is 14.3 Å². The molecule has 0 saturated carbocycles. The summed E-state index contributed by atoms with van der Waals surface area (Å²) in [5, 5.41) is 2.83. The highest BCUT2D eigenvalue weighted by Crippen LogP contribution is 2.26. The Balaban J connectivity index is 1.65. The summed E-state index contributed by atoms with van der Waals surface area (Å²) in [6, 6.07) is 16.9. The maximum absolute atomic E-state index is 13.1. The number of rotatable bonds is 7. The number of carbonyl (C=O) groups excluding carboxylic acids is 2. The number of ether oxygens (including phenoxy) is 1. The minimum Gasteiger partial charge on any atom is -0.497 e. The standard InChI is InChI=1S/C21H26N4O3/c1-3-25(14-19(26)23-16-10-7-11-17(12-16)28-2)21(27)18-13-22-24-20(18)15-8-5-4-6-9-15/h4-12,18,20,22,24H,3,13-14H2,1-2H3,(H,23,26). The minimum atomic E-state index is -0.271. The smallest absolute Gasteiger partial charge is 0.243 e. The largest absolute Gasteiger partial charge is 0.497 e. The lowest BCUT2D eigenvalue weighted by Gasteiger charge is -2.26. The van der Waals surface area contributed by atoms with Gasteiger partial charge in [-0.15, -0.1) is 0 Å². The molecule has 7 nitrogen and oxygen atoms in total. The van der Waals surface area contributed by atoms with Crippen LogP contribution in [0, 0.1) is 5.92 Å². The van der Waals surface area contributed by atoms with Gasteiger partial charge in [-0.25, -0.2) is 5.43 Å². The molecule has 0 radical (unpaired) electrons. The SMILES string of the molecule is CCN(CC(=O)Nc1cccc(OC)c1)C(=O)C1CNNC1c1ccccc1. The van der Waals surface area contributed by atoms with Crippen LogP contribution in [0.2, 0.25) is 0 Å². The average Bonchev–Trinajstić information content (AvgIpc) is 3.22. The van der Waals surface area contributed by atoms with Crippen molar-refractivity contribution in [3.05, 3.63) is 60.2 Å². The molecule has 2 atom stereocenters. The molecular formula is C21H26N4O3. The van der Waals surface area contributed by atoms with Gasteiger partial charge in [-0.1, -0.05) is 36.4 Å². The van der Waals surface area contributed by atoms with Crippen LogP contribution >= 0.6 is 0 Å². The summed E-state index contributed by atoms with van der Waals surface area (Å²) >= 11 is 0. The van der Waals surface area contributed by atoms with Crippen molar-refractivity contribution in [2.24, 2.45) is 5.92 Å². The fourth-order valence-corrected chi connectivity index (χ4v) is 3.36. The van der Waals surface area contributed by atoms with E-state index in [1.165, 1.54) is 0 Å². The molecule has 7 heteroatoms. The van der Waals surface area contributed by atoms with Gasteiger partial charge >= 0.3 is 0 Å². The zero-order valence-electron chi connectivity index (χ0n) is 16.1. The number of carbonyl (C=O) groups is 2. The predicted molar refractivity (Wildman–Crippen MR) is 108 cm³/mol. The third kappa shape index (κ3) is 4.68. The molecule has 1 aliphatic rings. The Labute approximate surface area is 165 Å². The molecule has 148 valence electrons. The number of benzene rings is 2. The minimum absolute atomic E-state index is 0.00452. The summed E-state index contributed by atoms with van der Waals surface area (Å²) in [6.45, 7) is 2.86. The Kier molecular flexibility index (Phi) is 6.62. The second-order valence-electron chi connectivity index (χ2n) is 6.65. The fourth-order valence-electron chi connectivity index (χ4n) is 3.36. The van der Waals surface area contributed by atoms with Crippen LogP contribution in [0.4, 0.5) is 5.69 Å². The Morgan fingerprint density at radius 1 is 1.18 bits per heavy atom. The first-order valence-electron chi connectivity index (χ1n) is 9.38. The lowest BCUT2D eigenvalue weighted by Crippen LogP contribution is -2.43. The van der Waals surface area contributed by atoms with Gasteiger partial charge in [0.1, 0.15) is 5.75 Å². The van der Waals surface area contributed by atoms with E-state index >= 15 is 0 Å². The van der Waals surface area contributed by atoms with Crippen LogP contribution in [0.3, 0.4) is 0 Å². The number of nitrogens with one attached hydrogen (secondary N) is 3. The highest BCUT2D eigenvalue weighted by molar-refractivity contribution is 5.95. The first-order chi connectivity index (χ1) is 13.6. The molecule has 1 saturated heterocycles. The fraction of sp³-hybridized carbons (Fsp3) is 0.333. The summed E-state index contributed by atoms with van der Waals surface area (Å²) in [4.78, 5) is 27.2. The Bertz CT molecular complexity index is 812. The first kappa shape index (κ1) is 19.9. The van der Waals surface area contributed by atoms with Gasteiger partial charge in [0.2, 0.25) is 11.8 Å². The Morgan fingerprint density at radius 2 is 1.96 bits per heavy atom. The monoisotopic (exact) mass is 382 g/mol. The molecule has 0 spiro atoms. The Hall–Kier alpha value is -2.90. The van der Waals surface area contributed by atoms with E-state index in [4.69, 9.17) is 4.74 Å². The molecule has 2 unspecified atom stereocenters. The molecule has 0 aromatic heterocycles. The molecule has 2 amide bonds. The number of likely N-dealkylation sites (N-methyl/N-ethyl adjacent to an activating group) is 1. The number of hydrogen-bond donors (Lipinski definition) is 3. The lowest BCUT2D eigenvalue weighted by molar-refractivity contribution is -0.138. The quantitative estimate of drug-likeness (QED) is 0.682. The third-order valence-electron chi connectivity index (χ3n) is 4.84. The van der Waals surface area contributed by atoms with Crippen molar-refractivity contribution in [3.63, 3.8) is 0 Å². The first-order valence-corrected chi connectivity index (χ1v) is 9.38. The predicted octanol–water partition coefficient (Wildman–Crippen LogP) is 1.95. The molecule has 0 bridgehead atoms. The van der Waals surface area contributed by atoms with Crippen LogP contribution in [0.5, 0.6) is 5.75 Å². The summed E-state index contributed by atoms with van der Waals surface area (Å²) < 4.78 is 5.17. The second kappa shape index (κ2) is 9.34. The van der Waals surface area contributed by atoms with E-state index in [9.17, 15) is 9.59 Å². The topological polar surface area (TPSA) is 82.7 Å². The van der Waals surface area contributed by atoms with Crippen LogP contribution in [-0.2, 0) is 9.59 Å². The van der Waals surface area contributed by atoms with Gasteiger partial charge in [0.25, 0.3) is 0 Å². The zero-order chi connectivity index (χ0) is 19.9. The molecule has 1 fully saturated rings. The molecule has 3 N–H and O–H groups in total. The summed E-state index contributed by atoms with van der Waals surface area (Å²) in [6.07, 6.45) is 0. The van der Waals surface area contributed by atoms with Crippen LogP contribution in [0.1, 0.15) is 18.5 Å². The molecule has 3 rings (SSSR count). The molecule has 1 aliphatic heterocycles. The van der Waals surface area contributed by atoms with Crippen molar-refractivity contribution in [1.82, 2.24) is 15.8 Å². The lowest BCUT2D eigenvalue weighted by atomic mass is 9.93. The second-order valence-corrected chi connectivity index (χ2v) is 6.65. The van der Waals surface area contributed by atoms with E-state index in [0.717, 1.165) is 5.56 Å². The van der Waals surface area contributed by atoms with Crippen LogP contribution in [-0.4, -0.2) is 43.5 Å². The van der Waals surface area contributed by atoms with Crippen molar-refractivity contribution in [2.45, 2.75) is 13.0 Å². The molecule has 28 heavy (non-hydrogen) atoms. The van der Waals surface area contributed by atoms with Crippen molar-refractivity contribution in [3.8, 4) is 5.75 Å². The van der Waals surface area contributed by atoms with E-state index in [1.54, 1.807) is 36.3 Å². The summed E-state index contributed by atoms with van der Waals surface area (Å²) in [5.41, 5.74) is 7.93. The number of hydrazine groups is 1.